The fourth-order valence-electron chi connectivity index (χ4n) is 1.67. The number of Topliss-reactive ketones (excluding diaryl/α,β-unsaturated/α-hetero) is 1. The first-order chi connectivity index (χ1) is 9.38. The summed E-state index contributed by atoms with van der Waals surface area (Å²) in [4.78, 5) is 11.7. The van der Waals surface area contributed by atoms with E-state index in [2.05, 4.69) is 0 Å². The van der Waals surface area contributed by atoms with E-state index in [0.29, 0.717) is 12.1 Å². The summed E-state index contributed by atoms with van der Waals surface area (Å²) in [6.45, 7) is 0. The van der Waals surface area contributed by atoms with Gasteiger partial charge >= 0.3 is 0 Å². The number of rotatable bonds is 3. The van der Waals surface area contributed by atoms with Crippen molar-refractivity contribution >= 4 is 5.78 Å². The molecule has 20 heavy (non-hydrogen) atoms. The largest absolute Gasteiger partial charge is 0.294 e. The average Bonchev–Trinajstić information content (AvgIpc) is 2.37. The van der Waals surface area contributed by atoms with Crippen molar-refractivity contribution < 1.29 is 26.7 Å². The first-order valence-corrected chi connectivity index (χ1v) is 5.50. The lowest BCUT2D eigenvalue weighted by Crippen LogP contribution is -2.09. The number of benzene rings is 2. The van der Waals surface area contributed by atoms with Gasteiger partial charge in [-0.05, 0) is 17.7 Å². The monoisotopic (exact) mass is 286 g/mol. The second-order valence-corrected chi connectivity index (χ2v) is 4.08. The second-order valence-electron chi connectivity index (χ2n) is 4.08. The van der Waals surface area contributed by atoms with Gasteiger partial charge in [0.05, 0.1) is 5.56 Å². The van der Waals surface area contributed by atoms with Crippen molar-refractivity contribution in [3.63, 3.8) is 0 Å². The smallest absolute Gasteiger partial charge is 0.170 e. The van der Waals surface area contributed by atoms with Gasteiger partial charge in [-0.2, -0.15) is 0 Å². The summed E-state index contributed by atoms with van der Waals surface area (Å²) in [5, 5.41) is 0. The first kappa shape index (κ1) is 14.2. The molecule has 1 nitrogen and oxygen atoms in total. The van der Waals surface area contributed by atoms with Crippen molar-refractivity contribution in [2.75, 3.05) is 0 Å². The molecule has 2 rings (SSSR count). The summed E-state index contributed by atoms with van der Waals surface area (Å²) >= 11 is 0. The summed E-state index contributed by atoms with van der Waals surface area (Å²) in [7, 11) is 0. The van der Waals surface area contributed by atoms with E-state index >= 15 is 0 Å². The van der Waals surface area contributed by atoms with Gasteiger partial charge in [0.1, 0.15) is 17.5 Å². The molecule has 0 spiro atoms. The lowest BCUT2D eigenvalue weighted by molar-refractivity contribution is 0.0987. The van der Waals surface area contributed by atoms with Crippen LogP contribution in [0.2, 0.25) is 0 Å². The minimum absolute atomic E-state index is 0.166. The van der Waals surface area contributed by atoms with Gasteiger partial charge in [0.25, 0.3) is 0 Å². The van der Waals surface area contributed by atoms with Crippen LogP contribution in [0, 0.1) is 29.1 Å². The van der Waals surface area contributed by atoms with E-state index in [1.54, 1.807) is 0 Å². The maximum Gasteiger partial charge on any atom is 0.170 e. The number of carbonyl (C=O) groups excluding carboxylic acids is 1. The molecule has 2 aromatic rings. The van der Waals surface area contributed by atoms with E-state index in [9.17, 15) is 26.7 Å². The summed E-state index contributed by atoms with van der Waals surface area (Å²) in [6.07, 6.45) is -0.589. The highest BCUT2D eigenvalue weighted by molar-refractivity contribution is 5.97. The molecule has 0 radical (unpaired) electrons. The number of halogens is 5. The molecule has 0 saturated heterocycles. The third kappa shape index (κ3) is 2.84. The normalized spacial score (nSPS) is 10.7. The molecule has 104 valence electrons. The Morgan fingerprint density at radius 1 is 0.800 bits per heavy atom. The molecule has 0 aromatic heterocycles. The Balaban J connectivity index is 2.31. The Bertz CT molecular complexity index is 682. The average molecular weight is 286 g/mol. The van der Waals surface area contributed by atoms with E-state index in [4.69, 9.17) is 0 Å². The highest BCUT2D eigenvalue weighted by atomic mass is 19.2. The summed E-state index contributed by atoms with van der Waals surface area (Å²) in [5.74, 6) is -6.77. The Labute approximate surface area is 110 Å². The number of hydrogen-bond acceptors (Lipinski definition) is 1. The van der Waals surface area contributed by atoms with Crippen molar-refractivity contribution in [3.8, 4) is 0 Å². The van der Waals surface area contributed by atoms with Crippen LogP contribution in [0.3, 0.4) is 0 Å². The maximum atomic E-state index is 13.4. The number of ketones is 1. The van der Waals surface area contributed by atoms with Crippen LogP contribution in [0.25, 0.3) is 0 Å². The summed E-state index contributed by atoms with van der Waals surface area (Å²) < 4.78 is 65.1. The highest BCUT2D eigenvalue weighted by Crippen LogP contribution is 2.17. The fourth-order valence-corrected chi connectivity index (χ4v) is 1.67. The van der Waals surface area contributed by atoms with Gasteiger partial charge < -0.3 is 0 Å². The van der Waals surface area contributed by atoms with E-state index in [1.807, 2.05) is 0 Å². The van der Waals surface area contributed by atoms with E-state index in [0.717, 1.165) is 12.1 Å². The molecule has 0 heterocycles. The molecule has 2 aromatic carbocycles. The van der Waals surface area contributed by atoms with E-state index in [-0.39, 0.29) is 11.6 Å². The molecule has 0 bridgehead atoms. The third-order valence-electron chi connectivity index (χ3n) is 2.68. The lowest BCUT2D eigenvalue weighted by atomic mass is 10.0. The van der Waals surface area contributed by atoms with Crippen molar-refractivity contribution in [2.45, 2.75) is 6.42 Å². The SMILES string of the molecule is O=C(Cc1ccc(F)cc1F)c1cc(F)c(F)cc1F. The van der Waals surface area contributed by atoms with Gasteiger partial charge in [-0.1, -0.05) is 6.07 Å². The Morgan fingerprint density at radius 2 is 1.45 bits per heavy atom. The molecule has 0 fully saturated rings. The molecule has 0 unspecified atom stereocenters. The van der Waals surface area contributed by atoms with Crippen LogP contribution in [0.15, 0.2) is 30.3 Å². The molecule has 0 atom stereocenters. The Kier molecular flexibility index (Phi) is 3.83. The number of hydrogen-bond donors (Lipinski definition) is 0. The Morgan fingerprint density at radius 3 is 2.10 bits per heavy atom. The molecule has 0 saturated carbocycles. The zero-order valence-electron chi connectivity index (χ0n) is 9.89. The van der Waals surface area contributed by atoms with Crippen molar-refractivity contribution in [1.29, 1.82) is 0 Å². The topological polar surface area (TPSA) is 17.1 Å². The quantitative estimate of drug-likeness (QED) is 0.476. The molecular formula is C14H7F5O. The van der Waals surface area contributed by atoms with Gasteiger partial charge in [0.2, 0.25) is 0 Å². The maximum absolute atomic E-state index is 13.4. The minimum Gasteiger partial charge on any atom is -0.294 e. The van der Waals surface area contributed by atoms with Crippen LogP contribution in [-0.4, -0.2) is 5.78 Å². The lowest BCUT2D eigenvalue weighted by Gasteiger charge is -2.05. The molecular weight excluding hydrogens is 279 g/mol. The zero-order valence-corrected chi connectivity index (χ0v) is 9.89. The van der Waals surface area contributed by atoms with Gasteiger partial charge in [-0.25, -0.2) is 22.0 Å². The molecule has 0 N–H and O–H groups in total. The molecule has 0 aliphatic rings. The predicted molar refractivity (Wildman–Crippen MR) is 60.7 cm³/mol. The fraction of sp³-hybridized carbons (Fsp3) is 0.0714. The van der Waals surface area contributed by atoms with E-state index in [1.165, 1.54) is 0 Å². The highest BCUT2D eigenvalue weighted by Gasteiger charge is 2.18. The molecule has 0 amide bonds. The van der Waals surface area contributed by atoms with Gasteiger partial charge in [-0.15, -0.1) is 0 Å². The number of carbonyl (C=O) groups is 1. The molecule has 0 aliphatic carbocycles. The first-order valence-electron chi connectivity index (χ1n) is 5.50. The van der Waals surface area contributed by atoms with Gasteiger partial charge in [0.15, 0.2) is 17.4 Å². The van der Waals surface area contributed by atoms with Gasteiger partial charge in [-0.3, -0.25) is 4.79 Å². The van der Waals surface area contributed by atoms with Crippen LogP contribution in [0.1, 0.15) is 15.9 Å². The molecule has 6 heteroatoms. The third-order valence-corrected chi connectivity index (χ3v) is 2.68. The summed E-state index contributed by atoms with van der Waals surface area (Å²) in [6, 6.07) is 3.19. The standard InChI is InChI=1S/C14H7F5O/c15-8-2-1-7(10(16)4-8)3-14(20)9-5-12(18)13(19)6-11(9)17/h1-2,4-6H,3H2. The zero-order chi connectivity index (χ0) is 14.9. The van der Waals surface area contributed by atoms with Gasteiger partial charge in [0, 0.05) is 18.6 Å². The van der Waals surface area contributed by atoms with Crippen molar-refractivity contribution in [3.05, 3.63) is 70.5 Å². The second kappa shape index (κ2) is 5.40. The summed E-state index contributed by atoms with van der Waals surface area (Å²) in [5.41, 5.74) is -0.854. The van der Waals surface area contributed by atoms with Crippen LogP contribution < -0.4 is 0 Å². The van der Waals surface area contributed by atoms with E-state index < -0.39 is 46.9 Å². The van der Waals surface area contributed by atoms with Crippen LogP contribution in [0.5, 0.6) is 0 Å². The predicted octanol–water partition coefficient (Wildman–Crippen LogP) is 3.81. The van der Waals surface area contributed by atoms with Crippen molar-refractivity contribution in [2.24, 2.45) is 0 Å². The van der Waals surface area contributed by atoms with Crippen LogP contribution in [0.4, 0.5) is 22.0 Å². The van der Waals surface area contributed by atoms with Crippen LogP contribution >= 0.6 is 0 Å². The molecule has 0 aliphatic heterocycles. The van der Waals surface area contributed by atoms with Crippen molar-refractivity contribution in [1.82, 2.24) is 0 Å². The minimum atomic E-state index is -1.42. The van der Waals surface area contributed by atoms with Crippen LogP contribution in [-0.2, 0) is 6.42 Å². The Hall–Kier alpha value is -2.24.